The van der Waals surface area contributed by atoms with Crippen molar-refractivity contribution in [3.8, 4) is 0 Å². The van der Waals surface area contributed by atoms with Gasteiger partial charge in [0.15, 0.2) is 5.96 Å². The molecule has 1 aliphatic rings. The van der Waals surface area contributed by atoms with Crippen molar-refractivity contribution in [2.75, 3.05) is 59.2 Å². The number of aliphatic imine (C=N–C) groups is 1. The van der Waals surface area contributed by atoms with Gasteiger partial charge in [-0.25, -0.2) is 12.7 Å². The van der Waals surface area contributed by atoms with Crippen molar-refractivity contribution in [1.82, 2.24) is 14.5 Å². The first-order valence-electron chi connectivity index (χ1n) is 8.90. The van der Waals surface area contributed by atoms with Crippen LogP contribution in [0.15, 0.2) is 4.99 Å². The Morgan fingerprint density at radius 3 is 2.54 bits per heavy atom. The Bertz CT molecular complexity index is 478. The van der Waals surface area contributed by atoms with E-state index < -0.39 is 10.0 Å². The molecule has 7 nitrogen and oxygen atoms in total. The van der Waals surface area contributed by atoms with Crippen LogP contribution in [0.5, 0.6) is 0 Å². The van der Waals surface area contributed by atoms with Crippen LogP contribution in [-0.4, -0.2) is 82.8 Å². The van der Waals surface area contributed by atoms with Crippen molar-refractivity contribution in [1.29, 1.82) is 0 Å². The minimum Gasteiger partial charge on any atom is -0.379 e. The fourth-order valence-corrected chi connectivity index (χ4v) is 3.23. The van der Waals surface area contributed by atoms with Crippen molar-refractivity contribution in [2.45, 2.75) is 33.1 Å². The van der Waals surface area contributed by atoms with Crippen molar-refractivity contribution in [2.24, 2.45) is 10.9 Å². The third-order valence-corrected chi connectivity index (χ3v) is 5.35. The topological polar surface area (TPSA) is 74.2 Å². The molecule has 0 radical (unpaired) electrons. The molecule has 1 N–H and O–H groups in total. The molecule has 0 heterocycles. The summed E-state index contributed by atoms with van der Waals surface area (Å²) in [5.74, 6) is 1.63. The van der Waals surface area contributed by atoms with Crippen LogP contribution in [0.3, 0.4) is 0 Å². The van der Waals surface area contributed by atoms with E-state index in [1.807, 2.05) is 20.9 Å². The monoisotopic (exact) mass is 362 g/mol. The fourth-order valence-electron chi connectivity index (χ4n) is 2.30. The zero-order valence-corrected chi connectivity index (χ0v) is 16.4. The lowest BCUT2D eigenvalue weighted by Crippen LogP contribution is -2.40. The standard InChI is InChI=1S/C16H34N4O3S/c1-5-17-16(19(3)12-13-23-14-15-8-9-15)18-10-7-11-20(6-2)24(4,21)22/h15H,5-14H2,1-4H3,(H,17,18). The highest BCUT2D eigenvalue weighted by Gasteiger charge is 2.21. The average molecular weight is 363 g/mol. The van der Waals surface area contributed by atoms with Gasteiger partial charge in [0.05, 0.1) is 12.9 Å². The second-order valence-corrected chi connectivity index (χ2v) is 8.27. The number of hydrogen-bond acceptors (Lipinski definition) is 4. The van der Waals surface area contributed by atoms with Crippen LogP contribution in [-0.2, 0) is 14.8 Å². The summed E-state index contributed by atoms with van der Waals surface area (Å²) in [6.45, 7) is 8.67. The van der Waals surface area contributed by atoms with Gasteiger partial charge in [0, 0.05) is 46.4 Å². The molecular formula is C16H34N4O3S. The van der Waals surface area contributed by atoms with Crippen molar-refractivity contribution in [3.05, 3.63) is 0 Å². The predicted molar refractivity (Wildman–Crippen MR) is 98.9 cm³/mol. The van der Waals surface area contributed by atoms with Crippen LogP contribution in [0.25, 0.3) is 0 Å². The van der Waals surface area contributed by atoms with Gasteiger partial charge in [-0.3, -0.25) is 4.99 Å². The quantitative estimate of drug-likeness (QED) is 0.318. The molecule has 0 unspecified atom stereocenters. The third-order valence-electron chi connectivity index (χ3n) is 3.97. The fraction of sp³-hybridized carbons (Fsp3) is 0.938. The highest BCUT2D eigenvalue weighted by Crippen LogP contribution is 2.28. The minimum absolute atomic E-state index is 0.501. The second-order valence-electron chi connectivity index (χ2n) is 6.28. The predicted octanol–water partition coefficient (Wildman–Crippen LogP) is 0.982. The SMILES string of the molecule is CCNC(=NCCCN(CC)S(C)(=O)=O)N(C)CCOCC1CC1. The molecule has 1 rings (SSSR count). The maximum absolute atomic E-state index is 11.6. The zero-order valence-electron chi connectivity index (χ0n) is 15.6. The third kappa shape index (κ3) is 8.84. The first-order chi connectivity index (χ1) is 11.4. The molecule has 142 valence electrons. The normalized spacial score (nSPS) is 15.8. The summed E-state index contributed by atoms with van der Waals surface area (Å²) in [5, 5.41) is 3.27. The van der Waals surface area contributed by atoms with Gasteiger partial charge in [0.1, 0.15) is 0 Å². The van der Waals surface area contributed by atoms with E-state index in [1.165, 1.54) is 23.4 Å². The van der Waals surface area contributed by atoms with E-state index >= 15 is 0 Å². The highest BCUT2D eigenvalue weighted by molar-refractivity contribution is 7.88. The van der Waals surface area contributed by atoms with E-state index in [9.17, 15) is 8.42 Å². The maximum Gasteiger partial charge on any atom is 0.211 e. The molecule has 0 saturated heterocycles. The first kappa shape index (κ1) is 21.2. The average Bonchev–Trinajstić information content (AvgIpc) is 3.33. The molecule has 0 amide bonds. The molecule has 1 aliphatic carbocycles. The lowest BCUT2D eigenvalue weighted by atomic mass is 10.4. The Kier molecular flexibility index (Phi) is 9.61. The van der Waals surface area contributed by atoms with Crippen LogP contribution in [0, 0.1) is 5.92 Å². The summed E-state index contributed by atoms with van der Waals surface area (Å²) in [6.07, 6.45) is 4.57. The number of guanidine groups is 1. The number of nitrogens with zero attached hydrogens (tertiary/aromatic N) is 3. The van der Waals surface area contributed by atoms with Crippen LogP contribution in [0.2, 0.25) is 0 Å². The van der Waals surface area contributed by atoms with Gasteiger partial charge in [-0.1, -0.05) is 6.92 Å². The summed E-state index contributed by atoms with van der Waals surface area (Å²) in [5.41, 5.74) is 0. The van der Waals surface area contributed by atoms with Gasteiger partial charge >= 0.3 is 0 Å². The molecule has 1 fully saturated rings. The summed E-state index contributed by atoms with van der Waals surface area (Å²) in [7, 11) is -1.12. The van der Waals surface area contributed by atoms with E-state index in [-0.39, 0.29) is 0 Å². The smallest absolute Gasteiger partial charge is 0.211 e. The van der Waals surface area contributed by atoms with E-state index in [0.29, 0.717) is 32.7 Å². The van der Waals surface area contributed by atoms with Gasteiger partial charge in [0.2, 0.25) is 10.0 Å². The Labute approximate surface area is 147 Å². The molecular weight excluding hydrogens is 328 g/mol. The maximum atomic E-state index is 11.6. The molecule has 8 heteroatoms. The van der Waals surface area contributed by atoms with E-state index in [0.717, 1.165) is 31.6 Å². The van der Waals surface area contributed by atoms with Crippen molar-refractivity contribution >= 4 is 16.0 Å². The molecule has 0 spiro atoms. The molecule has 0 aromatic rings. The van der Waals surface area contributed by atoms with Gasteiger partial charge < -0.3 is 15.0 Å². The Morgan fingerprint density at radius 1 is 1.29 bits per heavy atom. The number of likely N-dealkylation sites (N-methyl/N-ethyl adjacent to an activating group) is 1. The summed E-state index contributed by atoms with van der Waals surface area (Å²) < 4.78 is 30.3. The van der Waals surface area contributed by atoms with Crippen LogP contribution >= 0.6 is 0 Å². The van der Waals surface area contributed by atoms with Gasteiger partial charge in [-0.2, -0.15) is 0 Å². The van der Waals surface area contributed by atoms with Crippen molar-refractivity contribution in [3.63, 3.8) is 0 Å². The number of sulfonamides is 1. The molecule has 1 saturated carbocycles. The molecule has 0 aromatic carbocycles. The number of ether oxygens (including phenoxy) is 1. The van der Waals surface area contributed by atoms with Crippen LogP contribution in [0.1, 0.15) is 33.1 Å². The largest absolute Gasteiger partial charge is 0.379 e. The number of nitrogens with one attached hydrogen (secondary N) is 1. The Balaban J connectivity index is 2.33. The van der Waals surface area contributed by atoms with Crippen LogP contribution < -0.4 is 5.32 Å². The molecule has 24 heavy (non-hydrogen) atoms. The summed E-state index contributed by atoms with van der Waals surface area (Å²) >= 11 is 0. The minimum atomic E-state index is -3.12. The van der Waals surface area contributed by atoms with E-state index in [1.54, 1.807) is 0 Å². The molecule has 0 aromatic heterocycles. The number of rotatable bonds is 12. The van der Waals surface area contributed by atoms with Gasteiger partial charge in [-0.05, 0) is 32.1 Å². The molecule has 0 aliphatic heterocycles. The zero-order chi connectivity index (χ0) is 18.0. The lowest BCUT2D eigenvalue weighted by molar-refractivity contribution is 0.115. The summed E-state index contributed by atoms with van der Waals surface area (Å²) in [4.78, 5) is 6.64. The molecule has 0 atom stereocenters. The Hall–Kier alpha value is -0.860. The van der Waals surface area contributed by atoms with Crippen LogP contribution in [0.4, 0.5) is 0 Å². The number of hydrogen-bond donors (Lipinski definition) is 1. The lowest BCUT2D eigenvalue weighted by Gasteiger charge is -2.22. The molecule has 0 bridgehead atoms. The second kappa shape index (κ2) is 10.9. The van der Waals surface area contributed by atoms with Gasteiger partial charge in [-0.15, -0.1) is 0 Å². The van der Waals surface area contributed by atoms with E-state index in [2.05, 4.69) is 15.2 Å². The Morgan fingerprint density at radius 2 is 2.00 bits per heavy atom. The van der Waals surface area contributed by atoms with E-state index in [4.69, 9.17) is 4.74 Å². The summed E-state index contributed by atoms with van der Waals surface area (Å²) in [6, 6.07) is 0. The van der Waals surface area contributed by atoms with Gasteiger partial charge in [0.25, 0.3) is 0 Å². The highest BCUT2D eigenvalue weighted by atomic mass is 32.2. The first-order valence-corrected chi connectivity index (χ1v) is 10.8. The van der Waals surface area contributed by atoms with Crippen molar-refractivity contribution < 1.29 is 13.2 Å².